The second-order valence-corrected chi connectivity index (χ2v) is 7.46. The molecule has 6 heteroatoms. The molecule has 0 saturated heterocycles. The Hall–Kier alpha value is -2.50. The average molecular weight is 424 g/mol. The summed E-state index contributed by atoms with van der Waals surface area (Å²) in [6.07, 6.45) is 0.926. The zero-order valence-corrected chi connectivity index (χ0v) is 16.6. The van der Waals surface area contributed by atoms with Crippen molar-refractivity contribution in [2.75, 3.05) is 0 Å². The molecule has 0 aliphatic rings. The number of aryl methyl sites for hydroxylation is 1. The molecule has 0 aliphatic carbocycles. The lowest BCUT2D eigenvalue weighted by Gasteiger charge is -2.12. The molecule has 0 amide bonds. The van der Waals surface area contributed by atoms with Crippen LogP contribution in [0.1, 0.15) is 50.2 Å². The third-order valence-corrected chi connectivity index (χ3v) is 5.22. The van der Waals surface area contributed by atoms with Gasteiger partial charge in [-0.1, -0.05) is 50.8 Å². The van der Waals surface area contributed by atoms with Gasteiger partial charge in [0.15, 0.2) is 0 Å². The van der Waals surface area contributed by atoms with Crippen molar-refractivity contribution in [1.29, 1.82) is 0 Å². The van der Waals surface area contributed by atoms with Crippen LogP contribution >= 0.6 is 0 Å². The Labute approximate surface area is 171 Å². The average Bonchev–Trinajstić information content (AvgIpc) is 2.66. The Bertz CT molecular complexity index is 1010. The van der Waals surface area contributed by atoms with Gasteiger partial charge in [-0.05, 0) is 53.6 Å². The highest BCUT2D eigenvalue weighted by atomic mass is 19.4. The van der Waals surface area contributed by atoms with E-state index in [4.69, 9.17) is 0 Å². The van der Waals surface area contributed by atoms with Gasteiger partial charge >= 0.3 is 6.18 Å². The lowest BCUT2D eigenvalue weighted by atomic mass is 9.96. The molecule has 3 aromatic carbocycles. The summed E-state index contributed by atoms with van der Waals surface area (Å²) < 4.78 is 82.2. The van der Waals surface area contributed by atoms with Gasteiger partial charge in [0.2, 0.25) is 0 Å². The van der Waals surface area contributed by atoms with E-state index in [0.29, 0.717) is 18.1 Å². The van der Waals surface area contributed by atoms with Crippen LogP contribution in [0.3, 0.4) is 0 Å². The van der Waals surface area contributed by atoms with Crippen LogP contribution in [-0.2, 0) is 12.6 Å². The van der Waals surface area contributed by atoms with Gasteiger partial charge in [-0.25, -0.2) is 13.2 Å². The summed E-state index contributed by atoms with van der Waals surface area (Å²) in [6.45, 7) is 2.11. The standard InChI is InChI=1S/C24H22F6/c1-2-3-4-5-6-7-15-12-20(25)22(21(26)13-15)17-8-10-18-16(14-17)9-11-19(23(18)27)24(28,29)30/h8-14H,2-7H2,1H3. The number of benzene rings is 3. The first-order valence-corrected chi connectivity index (χ1v) is 10.00. The molecule has 0 N–H and O–H groups in total. The van der Waals surface area contributed by atoms with Crippen LogP contribution in [0.15, 0.2) is 42.5 Å². The van der Waals surface area contributed by atoms with Crippen LogP contribution < -0.4 is 0 Å². The summed E-state index contributed by atoms with van der Waals surface area (Å²) in [5, 5.41) is -0.116. The van der Waals surface area contributed by atoms with Gasteiger partial charge in [0, 0.05) is 5.39 Å². The first kappa shape index (κ1) is 22.2. The van der Waals surface area contributed by atoms with Gasteiger partial charge < -0.3 is 0 Å². The molecule has 0 aromatic heterocycles. The lowest BCUT2D eigenvalue weighted by Crippen LogP contribution is -2.08. The minimum Gasteiger partial charge on any atom is -0.206 e. The highest BCUT2D eigenvalue weighted by Crippen LogP contribution is 2.36. The number of rotatable bonds is 7. The van der Waals surface area contributed by atoms with E-state index >= 15 is 0 Å². The molecule has 0 nitrogen and oxygen atoms in total. The van der Waals surface area contributed by atoms with Gasteiger partial charge in [0.1, 0.15) is 17.5 Å². The second-order valence-electron chi connectivity index (χ2n) is 7.46. The summed E-state index contributed by atoms with van der Waals surface area (Å²) in [6, 6.07) is 7.96. The maximum Gasteiger partial charge on any atom is 0.419 e. The quantitative estimate of drug-likeness (QED) is 0.264. The third kappa shape index (κ3) is 4.79. The predicted molar refractivity (Wildman–Crippen MR) is 107 cm³/mol. The molecule has 3 aromatic rings. The Morgan fingerprint density at radius 1 is 0.767 bits per heavy atom. The van der Waals surface area contributed by atoms with Crippen molar-refractivity contribution in [3.8, 4) is 11.1 Å². The van der Waals surface area contributed by atoms with E-state index in [1.54, 1.807) is 0 Å². The SMILES string of the molecule is CCCCCCCc1cc(F)c(-c2ccc3c(F)c(C(F)(F)F)ccc3c2)c(F)c1. The first-order valence-electron chi connectivity index (χ1n) is 10.00. The molecule has 0 aliphatic heterocycles. The molecular formula is C24H22F6. The van der Waals surface area contributed by atoms with E-state index in [-0.39, 0.29) is 21.9 Å². The molecular weight excluding hydrogens is 402 g/mol. The molecule has 0 saturated carbocycles. The second kappa shape index (κ2) is 9.11. The zero-order chi connectivity index (χ0) is 21.9. The minimum atomic E-state index is -4.82. The monoisotopic (exact) mass is 424 g/mol. The fourth-order valence-electron chi connectivity index (χ4n) is 3.64. The van der Waals surface area contributed by atoms with Crippen LogP contribution in [0, 0.1) is 17.5 Å². The van der Waals surface area contributed by atoms with Crippen molar-refractivity contribution >= 4 is 10.8 Å². The van der Waals surface area contributed by atoms with E-state index in [1.807, 2.05) is 0 Å². The molecule has 160 valence electrons. The first-order chi connectivity index (χ1) is 14.2. The predicted octanol–water partition coefficient (Wildman–Crippen LogP) is 8.46. The topological polar surface area (TPSA) is 0 Å². The van der Waals surface area contributed by atoms with Crippen molar-refractivity contribution in [3.05, 3.63) is 71.0 Å². The minimum absolute atomic E-state index is 0.136. The lowest BCUT2D eigenvalue weighted by molar-refractivity contribution is -0.139. The van der Waals surface area contributed by atoms with Crippen molar-refractivity contribution < 1.29 is 26.3 Å². The normalized spacial score (nSPS) is 12.0. The molecule has 0 atom stereocenters. The Morgan fingerprint density at radius 3 is 2.07 bits per heavy atom. The van der Waals surface area contributed by atoms with Gasteiger partial charge in [-0.15, -0.1) is 0 Å². The van der Waals surface area contributed by atoms with Crippen molar-refractivity contribution in [3.63, 3.8) is 0 Å². The summed E-state index contributed by atoms with van der Waals surface area (Å²) in [5.41, 5.74) is -0.937. The van der Waals surface area contributed by atoms with Crippen molar-refractivity contribution in [2.24, 2.45) is 0 Å². The summed E-state index contributed by atoms with van der Waals surface area (Å²) in [4.78, 5) is 0. The van der Waals surface area contributed by atoms with Crippen LogP contribution in [-0.4, -0.2) is 0 Å². The van der Waals surface area contributed by atoms with Crippen LogP contribution in [0.2, 0.25) is 0 Å². The Balaban J connectivity index is 1.90. The number of hydrogen-bond donors (Lipinski definition) is 0. The maximum atomic E-state index is 14.7. The van der Waals surface area contributed by atoms with E-state index < -0.39 is 29.2 Å². The summed E-state index contributed by atoms with van der Waals surface area (Å²) in [5.74, 6) is -2.89. The Kier molecular flexibility index (Phi) is 6.74. The number of fused-ring (bicyclic) bond motifs is 1. The molecule has 0 fully saturated rings. The molecule has 0 unspecified atom stereocenters. The van der Waals surface area contributed by atoms with Gasteiger partial charge in [-0.2, -0.15) is 13.2 Å². The van der Waals surface area contributed by atoms with E-state index in [0.717, 1.165) is 44.2 Å². The number of halogens is 6. The summed E-state index contributed by atoms with van der Waals surface area (Å²) in [7, 11) is 0. The highest BCUT2D eigenvalue weighted by molar-refractivity contribution is 5.88. The fraction of sp³-hybridized carbons (Fsp3) is 0.333. The van der Waals surface area contributed by atoms with E-state index in [9.17, 15) is 26.3 Å². The molecule has 0 radical (unpaired) electrons. The van der Waals surface area contributed by atoms with E-state index in [2.05, 4.69) is 6.92 Å². The third-order valence-electron chi connectivity index (χ3n) is 5.22. The van der Waals surface area contributed by atoms with Crippen LogP contribution in [0.4, 0.5) is 26.3 Å². The van der Waals surface area contributed by atoms with Crippen LogP contribution in [0.25, 0.3) is 21.9 Å². The highest BCUT2D eigenvalue weighted by Gasteiger charge is 2.34. The molecule has 0 spiro atoms. The van der Waals surface area contributed by atoms with Gasteiger partial charge in [0.05, 0.1) is 11.1 Å². The smallest absolute Gasteiger partial charge is 0.206 e. The van der Waals surface area contributed by atoms with Crippen molar-refractivity contribution in [1.82, 2.24) is 0 Å². The molecule has 0 heterocycles. The zero-order valence-electron chi connectivity index (χ0n) is 16.6. The van der Waals surface area contributed by atoms with E-state index in [1.165, 1.54) is 24.3 Å². The number of unbranched alkanes of at least 4 members (excludes halogenated alkanes) is 4. The number of hydrogen-bond acceptors (Lipinski definition) is 0. The molecule has 3 rings (SSSR count). The van der Waals surface area contributed by atoms with Gasteiger partial charge in [-0.3, -0.25) is 0 Å². The number of alkyl halides is 3. The molecule has 0 bridgehead atoms. The summed E-state index contributed by atoms with van der Waals surface area (Å²) >= 11 is 0. The van der Waals surface area contributed by atoms with Gasteiger partial charge in [0.25, 0.3) is 0 Å². The fourth-order valence-corrected chi connectivity index (χ4v) is 3.64. The maximum absolute atomic E-state index is 14.7. The largest absolute Gasteiger partial charge is 0.419 e. The van der Waals surface area contributed by atoms with Crippen molar-refractivity contribution in [2.45, 2.75) is 51.6 Å². The van der Waals surface area contributed by atoms with Crippen LogP contribution in [0.5, 0.6) is 0 Å². The Morgan fingerprint density at radius 2 is 1.43 bits per heavy atom. The molecule has 30 heavy (non-hydrogen) atoms.